The van der Waals surface area contributed by atoms with Crippen LogP contribution in [0.4, 0.5) is 4.39 Å². The van der Waals surface area contributed by atoms with Crippen LogP contribution in [-0.2, 0) is 0 Å². The third kappa shape index (κ3) is 3.23. The van der Waals surface area contributed by atoms with E-state index in [1.165, 1.54) is 20.3 Å². The van der Waals surface area contributed by atoms with Crippen molar-refractivity contribution in [2.24, 2.45) is 0 Å². The molecule has 0 bridgehead atoms. The smallest absolute Gasteiger partial charge is 0.163 e. The number of aldehydes is 1. The summed E-state index contributed by atoms with van der Waals surface area (Å²) in [4.78, 5) is 10.4. The van der Waals surface area contributed by atoms with E-state index < -0.39 is 5.82 Å². The van der Waals surface area contributed by atoms with Crippen molar-refractivity contribution in [2.45, 2.75) is 13.8 Å². The van der Waals surface area contributed by atoms with Crippen LogP contribution in [0, 0.1) is 5.82 Å². The lowest BCUT2D eigenvalue weighted by Gasteiger charge is -2.07. The zero-order valence-electron chi connectivity index (χ0n) is 9.33. The quantitative estimate of drug-likeness (QED) is 0.726. The molecule has 1 rings (SSSR count). The first-order valence-corrected chi connectivity index (χ1v) is 4.59. The second-order valence-electron chi connectivity index (χ2n) is 2.35. The largest absolute Gasteiger partial charge is 0.493 e. The predicted molar refractivity (Wildman–Crippen MR) is 56.2 cm³/mol. The van der Waals surface area contributed by atoms with Gasteiger partial charge in [0, 0.05) is 6.07 Å². The van der Waals surface area contributed by atoms with Crippen molar-refractivity contribution < 1.29 is 18.7 Å². The summed E-state index contributed by atoms with van der Waals surface area (Å²) in [7, 11) is 2.82. The minimum absolute atomic E-state index is 0.0438. The Bertz CT molecular complexity index is 324. The van der Waals surface area contributed by atoms with E-state index in [4.69, 9.17) is 9.47 Å². The lowest BCUT2D eigenvalue weighted by atomic mass is 10.2. The van der Waals surface area contributed by atoms with Gasteiger partial charge in [0.2, 0.25) is 0 Å². The van der Waals surface area contributed by atoms with Gasteiger partial charge in [-0.3, -0.25) is 4.79 Å². The molecule has 0 amide bonds. The van der Waals surface area contributed by atoms with Crippen LogP contribution in [0.5, 0.6) is 11.5 Å². The third-order valence-electron chi connectivity index (χ3n) is 1.63. The Kier molecular flexibility index (Phi) is 6.09. The van der Waals surface area contributed by atoms with Crippen LogP contribution in [-0.4, -0.2) is 20.5 Å². The maximum atomic E-state index is 13.0. The number of rotatable bonds is 3. The fourth-order valence-corrected chi connectivity index (χ4v) is 0.960. The molecular weight excluding hydrogens is 199 g/mol. The average Bonchev–Trinajstić information content (AvgIpc) is 2.31. The number of methoxy groups -OCH3 is 2. The van der Waals surface area contributed by atoms with Gasteiger partial charge in [-0.25, -0.2) is 4.39 Å². The van der Waals surface area contributed by atoms with Crippen LogP contribution in [0.2, 0.25) is 0 Å². The second kappa shape index (κ2) is 6.81. The van der Waals surface area contributed by atoms with Crippen molar-refractivity contribution in [3.05, 3.63) is 23.5 Å². The predicted octanol–water partition coefficient (Wildman–Crippen LogP) is 2.68. The van der Waals surface area contributed by atoms with Gasteiger partial charge in [-0.2, -0.15) is 0 Å². The molecular formula is C11H15FO3. The molecule has 0 unspecified atom stereocenters. The fourth-order valence-electron chi connectivity index (χ4n) is 0.960. The molecule has 0 fully saturated rings. The van der Waals surface area contributed by atoms with Crippen LogP contribution < -0.4 is 9.47 Å². The van der Waals surface area contributed by atoms with Crippen LogP contribution in [0.1, 0.15) is 24.2 Å². The van der Waals surface area contributed by atoms with Crippen LogP contribution in [0.15, 0.2) is 12.1 Å². The highest BCUT2D eigenvalue weighted by Gasteiger charge is 2.09. The van der Waals surface area contributed by atoms with Gasteiger partial charge >= 0.3 is 0 Å². The number of benzene rings is 1. The van der Waals surface area contributed by atoms with Crippen LogP contribution in [0.3, 0.4) is 0 Å². The number of carbonyl (C=O) groups is 1. The first-order valence-electron chi connectivity index (χ1n) is 4.59. The molecule has 0 aliphatic heterocycles. The highest BCUT2D eigenvalue weighted by Crippen LogP contribution is 2.28. The van der Waals surface area contributed by atoms with E-state index in [2.05, 4.69) is 0 Å². The minimum atomic E-state index is -0.618. The Balaban J connectivity index is 0.000000921. The first-order chi connectivity index (χ1) is 7.22. The number of ether oxygens (including phenoxy) is 2. The van der Waals surface area contributed by atoms with Crippen molar-refractivity contribution in [1.82, 2.24) is 0 Å². The van der Waals surface area contributed by atoms with Gasteiger partial charge in [0.1, 0.15) is 5.82 Å². The molecule has 1 aromatic carbocycles. The topological polar surface area (TPSA) is 35.5 Å². The average molecular weight is 214 g/mol. The number of hydrogen-bond donors (Lipinski definition) is 0. The molecule has 0 saturated heterocycles. The van der Waals surface area contributed by atoms with Gasteiger partial charge in [0.25, 0.3) is 0 Å². The van der Waals surface area contributed by atoms with E-state index in [9.17, 15) is 9.18 Å². The highest BCUT2D eigenvalue weighted by atomic mass is 19.1. The second-order valence-corrected chi connectivity index (χ2v) is 2.35. The summed E-state index contributed by atoms with van der Waals surface area (Å²) in [5.41, 5.74) is -0.0438. The maximum absolute atomic E-state index is 13.0. The monoisotopic (exact) mass is 214 g/mol. The van der Waals surface area contributed by atoms with Gasteiger partial charge in [-0.1, -0.05) is 13.8 Å². The molecule has 0 saturated carbocycles. The van der Waals surface area contributed by atoms with Crippen LogP contribution in [0.25, 0.3) is 0 Å². The molecule has 0 aliphatic carbocycles. The lowest BCUT2D eigenvalue weighted by molar-refractivity contribution is 0.111. The molecule has 0 heterocycles. The molecule has 0 spiro atoms. The molecule has 3 nitrogen and oxygen atoms in total. The molecule has 4 heteroatoms. The van der Waals surface area contributed by atoms with E-state index in [0.717, 1.165) is 6.07 Å². The van der Waals surface area contributed by atoms with Gasteiger partial charge in [0.05, 0.1) is 19.8 Å². The number of carbonyl (C=O) groups excluding carboxylic acids is 1. The van der Waals surface area contributed by atoms with E-state index in [1.807, 2.05) is 13.8 Å². The first kappa shape index (κ1) is 13.4. The molecule has 0 atom stereocenters. The normalized spacial score (nSPS) is 8.60. The SMILES string of the molecule is CC.COc1cc(F)c(C=O)cc1OC. The molecule has 1 aromatic rings. The van der Waals surface area contributed by atoms with Gasteiger partial charge in [-0.15, -0.1) is 0 Å². The maximum Gasteiger partial charge on any atom is 0.163 e. The summed E-state index contributed by atoms with van der Waals surface area (Å²) < 4.78 is 22.7. The standard InChI is InChI=1S/C9H9FO3.C2H6/c1-12-8-3-6(5-11)7(10)4-9(8)13-2;1-2/h3-5H,1-2H3;1-2H3. The number of halogens is 1. The Morgan fingerprint density at radius 1 is 1.13 bits per heavy atom. The van der Waals surface area contributed by atoms with Crippen molar-refractivity contribution >= 4 is 6.29 Å². The van der Waals surface area contributed by atoms with E-state index >= 15 is 0 Å². The summed E-state index contributed by atoms with van der Waals surface area (Å²) >= 11 is 0. The van der Waals surface area contributed by atoms with Crippen molar-refractivity contribution in [2.75, 3.05) is 14.2 Å². The highest BCUT2D eigenvalue weighted by molar-refractivity contribution is 5.76. The van der Waals surface area contributed by atoms with E-state index in [1.54, 1.807) is 0 Å². The zero-order valence-corrected chi connectivity index (χ0v) is 9.33. The summed E-state index contributed by atoms with van der Waals surface area (Å²) in [6.45, 7) is 4.00. The lowest BCUT2D eigenvalue weighted by Crippen LogP contribution is -1.95. The third-order valence-corrected chi connectivity index (χ3v) is 1.63. The van der Waals surface area contributed by atoms with Crippen molar-refractivity contribution in [3.8, 4) is 11.5 Å². The molecule has 0 aromatic heterocycles. The Morgan fingerprint density at radius 2 is 1.60 bits per heavy atom. The molecule has 84 valence electrons. The minimum Gasteiger partial charge on any atom is -0.493 e. The Labute approximate surface area is 88.8 Å². The molecule has 15 heavy (non-hydrogen) atoms. The van der Waals surface area contributed by atoms with Gasteiger partial charge in [0.15, 0.2) is 17.8 Å². The van der Waals surface area contributed by atoms with Crippen molar-refractivity contribution in [1.29, 1.82) is 0 Å². The molecule has 0 radical (unpaired) electrons. The number of hydrogen-bond acceptors (Lipinski definition) is 3. The Morgan fingerprint density at radius 3 is 2.00 bits per heavy atom. The summed E-state index contributed by atoms with van der Waals surface area (Å²) in [5.74, 6) is -0.00995. The van der Waals surface area contributed by atoms with Gasteiger partial charge < -0.3 is 9.47 Å². The zero-order chi connectivity index (χ0) is 11.8. The summed E-state index contributed by atoms with van der Waals surface area (Å²) in [6, 6.07) is 2.41. The van der Waals surface area contributed by atoms with Gasteiger partial charge in [-0.05, 0) is 6.07 Å². The van der Waals surface area contributed by atoms with Crippen LogP contribution >= 0.6 is 0 Å². The molecule has 0 aliphatic rings. The summed E-state index contributed by atoms with van der Waals surface area (Å²) in [6.07, 6.45) is 0.428. The molecule has 0 N–H and O–H groups in total. The fraction of sp³-hybridized carbons (Fsp3) is 0.364. The van der Waals surface area contributed by atoms with E-state index in [0.29, 0.717) is 12.0 Å². The van der Waals surface area contributed by atoms with E-state index in [-0.39, 0.29) is 11.3 Å². The van der Waals surface area contributed by atoms with Crippen molar-refractivity contribution in [3.63, 3.8) is 0 Å². The Hall–Kier alpha value is -1.58. The summed E-state index contributed by atoms with van der Waals surface area (Å²) in [5, 5.41) is 0.